The Kier molecular flexibility index (Phi) is 6.21. The Morgan fingerprint density at radius 1 is 1.48 bits per heavy atom. The zero-order chi connectivity index (χ0) is 18.6. The van der Waals surface area contributed by atoms with Crippen LogP contribution in [-0.4, -0.2) is 52.3 Å². The molecule has 25 heavy (non-hydrogen) atoms. The lowest BCUT2D eigenvalue weighted by Crippen LogP contribution is -2.38. The number of rotatable bonds is 7. The van der Waals surface area contributed by atoms with Crippen molar-refractivity contribution in [3.63, 3.8) is 0 Å². The normalized spacial score (nSPS) is 16.7. The van der Waals surface area contributed by atoms with Crippen LogP contribution in [0.2, 0.25) is 5.02 Å². The minimum Gasteiger partial charge on any atom is -0.326 e. The number of carbonyl (C=O) groups is 3. The van der Waals surface area contributed by atoms with E-state index in [9.17, 15) is 24.5 Å². The number of hydrogen-bond acceptors (Lipinski definition) is 6. The fourth-order valence-corrected chi connectivity index (χ4v) is 2.89. The number of hydrogen-bond donors (Lipinski definition) is 2. The zero-order valence-electron chi connectivity index (χ0n) is 13.2. The standard InChI is InChI=1S/C14H15ClN4O5S/c1-25-5-4-10-13(21)18(14(22)17-10)7-12(20)16-8-2-3-9(15)11(6-8)19(23)24/h2-3,6,10H,4-5,7H2,1H3,(H,16,20)(H,17,22). The van der Waals surface area contributed by atoms with Gasteiger partial charge in [0, 0.05) is 11.8 Å². The fraction of sp³-hybridized carbons (Fsp3) is 0.357. The molecule has 134 valence electrons. The van der Waals surface area contributed by atoms with Gasteiger partial charge in [0.05, 0.1) is 4.92 Å². The summed E-state index contributed by atoms with van der Waals surface area (Å²) in [6, 6.07) is 2.51. The van der Waals surface area contributed by atoms with Crippen LogP contribution in [0.3, 0.4) is 0 Å². The molecule has 1 aromatic carbocycles. The van der Waals surface area contributed by atoms with Gasteiger partial charge >= 0.3 is 6.03 Å². The molecule has 1 saturated heterocycles. The van der Waals surface area contributed by atoms with Gasteiger partial charge < -0.3 is 10.6 Å². The van der Waals surface area contributed by atoms with Crippen molar-refractivity contribution in [1.82, 2.24) is 10.2 Å². The van der Waals surface area contributed by atoms with Gasteiger partial charge in [-0.05, 0) is 30.6 Å². The first kappa shape index (κ1) is 19.0. The largest absolute Gasteiger partial charge is 0.326 e. The van der Waals surface area contributed by atoms with Gasteiger partial charge in [0.2, 0.25) is 5.91 Å². The van der Waals surface area contributed by atoms with Crippen molar-refractivity contribution in [2.75, 3.05) is 23.9 Å². The van der Waals surface area contributed by atoms with E-state index in [1.54, 1.807) is 11.8 Å². The molecule has 1 atom stereocenters. The minimum absolute atomic E-state index is 0.0614. The number of imide groups is 1. The number of carbonyl (C=O) groups excluding carboxylic acids is 3. The topological polar surface area (TPSA) is 122 Å². The van der Waals surface area contributed by atoms with Crippen LogP contribution in [0, 0.1) is 10.1 Å². The molecule has 11 heteroatoms. The van der Waals surface area contributed by atoms with Gasteiger partial charge in [0.25, 0.3) is 11.6 Å². The lowest BCUT2D eigenvalue weighted by Gasteiger charge is -2.13. The molecule has 0 saturated carbocycles. The molecule has 1 aromatic rings. The van der Waals surface area contributed by atoms with E-state index < -0.39 is 35.4 Å². The van der Waals surface area contributed by atoms with Crippen LogP contribution < -0.4 is 10.6 Å². The highest BCUT2D eigenvalue weighted by atomic mass is 35.5. The monoisotopic (exact) mass is 386 g/mol. The van der Waals surface area contributed by atoms with Gasteiger partial charge in [0.15, 0.2) is 0 Å². The molecular weight excluding hydrogens is 372 g/mol. The number of halogens is 1. The van der Waals surface area contributed by atoms with Gasteiger partial charge in [-0.3, -0.25) is 24.6 Å². The van der Waals surface area contributed by atoms with Gasteiger partial charge in [-0.2, -0.15) is 11.8 Å². The Morgan fingerprint density at radius 3 is 2.84 bits per heavy atom. The molecule has 1 heterocycles. The van der Waals surface area contributed by atoms with Crippen molar-refractivity contribution >= 4 is 52.6 Å². The van der Waals surface area contributed by atoms with Crippen LogP contribution in [0.4, 0.5) is 16.2 Å². The number of benzene rings is 1. The molecule has 2 N–H and O–H groups in total. The lowest BCUT2D eigenvalue weighted by molar-refractivity contribution is -0.384. The smallest absolute Gasteiger partial charge is 0.325 e. The summed E-state index contributed by atoms with van der Waals surface area (Å²) in [4.78, 5) is 47.0. The first-order valence-corrected chi connectivity index (χ1v) is 8.95. The van der Waals surface area contributed by atoms with Gasteiger partial charge in [-0.15, -0.1) is 0 Å². The average molecular weight is 387 g/mol. The molecule has 1 unspecified atom stereocenters. The molecule has 9 nitrogen and oxygen atoms in total. The third kappa shape index (κ3) is 4.60. The summed E-state index contributed by atoms with van der Waals surface area (Å²) < 4.78 is 0. The van der Waals surface area contributed by atoms with Crippen LogP contribution in [0.25, 0.3) is 0 Å². The van der Waals surface area contributed by atoms with Crippen molar-refractivity contribution in [3.05, 3.63) is 33.3 Å². The second-order valence-corrected chi connectivity index (χ2v) is 6.57. The summed E-state index contributed by atoms with van der Waals surface area (Å²) in [7, 11) is 0. The van der Waals surface area contributed by atoms with E-state index in [1.807, 2.05) is 6.26 Å². The predicted molar refractivity (Wildman–Crippen MR) is 93.8 cm³/mol. The summed E-state index contributed by atoms with van der Waals surface area (Å²) in [6.45, 7) is -0.475. The highest BCUT2D eigenvalue weighted by Gasteiger charge is 2.38. The second kappa shape index (κ2) is 8.17. The number of anilines is 1. The maximum absolute atomic E-state index is 12.1. The third-order valence-corrected chi connectivity index (χ3v) is 4.41. The molecule has 0 spiro atoms. The number of thioether (sulfide) groups is 1. The maximum Gasteiger partial charge on any atom is 0.325 e. The van der Waals surface area contributed by atoms with Gasteiger partial charge in [-0.1, -0.05) is 11.6 Å². The predicted octanol–water partition coefficient (Wildman–Crippen LogP) is 1.86. The zero-order valence-corrected chi connectivity index (χ0v) is 14.7. The van der Waals surface area contributed by atoms with Crippen molar-refractivity contribution < 1.29 is 19.3 Å². The number of urea groups is 1. The molecule has 0 aromatic heterocycles. The minimum atomic E-state index is -0.675. The van der Waals surface area contributed by atoms with Crippen molar-refractivity contribution in [2.24, 2.45) is 0 Å². The van der Waals surface area contributed by atoms with E-state index in [-0.39, 0.29) is 16.4 Å². The van der Waals surface area contributed by atoms with Crippen LogP contribution in [0.15, 0.2) is 18.2 Å². The van der Waals surface area contributed by atoms with E-state index >= 15 is 0 Å². The number of nitrogens with zero attached hydrogens (tertiary/aromatic N) is 2. The maximum atomic E-state index is 12.1. The quantitative estimate of drug-likeness (QED) is 0.419. The van der Waals surface area contributed by atoms with E-state index in [0.717, 1.165) is 11.0 Å². The van der Waals surface area contributed by atoms with Gasteiger partial charge in [0.1, 0.15) is 17.6 Å². The number of nitro groups is 1. The van der Waals surface area contributed by atoms with Crippen molar-refractivity contribution in [2.45, 2.75) is 12.5 Å². The molecule has 0 aliphatic carbocycles. The Bertz CT molecular complexity index is 729. The van der Waals surface area contributed by atoms with Crippen molar-refractivity contribution in [1.29, 1.82) is 0 Å². The molecule has 2 rings (SSSR count). The van der Waals surface area contributed by atoms with Crippen LogP contribution in [0.5, 0.6) is 0 Å². The molecule has 1 aliphatic rings. The Hall–Kier alpha value is -2.33. The fourth-order valence-electron chi connectivity index (χ4n) is 2.23. The Morgan fingerprint density at radius 2 is 2.20 bits per heavy atom. The number of nitro benzene ring substituents is 1. The summed E-state index contributed by atoms with van der Waals surface area (Å²) in [5, 5.41) is 15.7. The van der Waals surface area contributed by atoms with Crippen LogP contribution in [0.1, 0.15) is 6.42 Å². The Balaban J connectivity index is 2.01. The van der Waals surface area contributed by atoms with Crippen LogP contribution in [-0.2, 0) is 9.59 Å². The lowest BCUT2D eigenvalue weighted by atomic mass is 10.2. The molecule has 0 radical (unpaired) electrons. The summed E-state index contributed by atoms with van der Waals surface area (Å²) >= 11 is 7.25. The first-order chi connectivity index (χ1) is 11.8. The highest BCUT2D eigenvalue weighted by molar-refractivity contribution is 7.98. The third-order valence-electron chi connectivity index (χ3n) is 3.45. The van der Waals surface area contributed by atoms with E-state index in [1.165, 1.54) is 12.1 Å². The average Bonchev–Trinajstić information content (AvgIpc) is 2.82. The molecule has 4 amide bonds. The number of amides is 4. The number of nitrogens with one attached hydrogen (secondary N) is 2. The molecule has 0 bridgehead atoms. The Labute approximate surface area is 152 Å². The van der Waals surface area contributed by atoms with E-state index in [0.29, 0.717) is 12.2 Å². The summed E-state index contributed by atoms with van der Waals surface area (Å²) in [5.41, 5.74) is -0.210. The van der Waals surface area contributed by atoms with Crippen molar-refractivity contribution in [3.8, 4) is 0 Å². The SMILES string of the molecule is CSCCC1NC(=O)N(CC(=O)Nc2ccc(Cl)c([N+](=O)[O-])c2)C1=O. The van der Waals surface area contributed by atoms with E-state index in [2.05, 4.69) is 10.6 Å². The molecule has 1 fully saturated rings. The highest BCUT2D eigenvalue weighted by Crippen LogP contribution is 2.27. The van der Waals surface area contributed by atoms with Crippen LogP contribution >= 0.6 is 23.4 Å². The summed E-state index contributed by atoms with van der Waals surface area (Å²) in [5.74, 6) is -0.410. The summed E-state index contributed by atoms with van der Waals surface area (Å²) in [6.07, 6.45) is 2.37. The second-order valence-electron chi connectivity index (χ2n) is 5.18. The van der Waals surface area contributed by atoms with Gasteiger partial charge in [-0.25, -0.2) is 4.79 Å². The first-order valence-electron chi connectivity index (χ1n) is 7.18. The molecular formula is C14H15ClN4O5S. The van der Waals surface area contributed by atoms with E-state index in [4.69, 9.17) is 11.6 Å². The molecule has 1 aliphatic heterocycles.